The molecule has 0 saturated carbocycles. The number of oxime groups is 1. The van der Waals surface area contributed by atoms with Crippen LogP contribution in [0.25, 0.3) is 0 Å². The summed E-state index contributed by atoms with van der Waals surface area (Å²) in [6.07, 6.45) is 1.78. The van der Waals surface area contributed by atoms with Gasteiger partial charge >= 0.3 is 0 Å². The zero-order valence-electron chi connectivity index (χ0n) is 13.4. The molecule has 1 amide bonds. The molecule has 0 heterocycles. The molecule has 0 aliphatic rings. The number of alkyl halides is 2. The Labute approximate surface area is 162 Å². The van der Waals surface area contributed by atoms with Crippen molar-refractivity contribution in [1.29, 1.82) is 0 Å². The first-order chi connectivity index (χ1) is 11.2. The molecule has 0 bridgehead atoms. The lowest BCUT2D eigenvalue weighted by atomic mass is 9.93. The number of nitrogens with zero attached hydrogens (tertiary/aromatic N) is 1. The first kappa shape index (κ1) is 20.9. The van der Waals surface area contributed by atoms with Gasteiger partial charge in [0, 0.05) is 11.1 Å². The third-order valence-corrected chi connectivity index (χ3v) is 4.70. The molecule has 0 spiro atoms. The van der Waals surface area contributed by atoms with E-state index >= 15 is 0 Å². The second-order valence-corrected chi connectivity index (χ2v) is 8.65. The normalized spacial score (nSPS) is 13.8. The molecular weight excluding hydrogens is 465 g/mol. The Morgan fingerprint density at radius 1 is 1.50 bits per heavy atom. The molecule has 24 heavy (non-hydrogen) atoms. The summed E-state index contributed by atoms with van der Waals surface area (Å²) in [4.78, 5) is 29.5. The zero-order chi connectivity index (χ0) is 18.5. The molecular formula is C15H18Br2ClN3O3. The number of carbonyl (C=O) groups excluding carboxylic acids is 2. The summed E-state index contributed by atoms with van der Waals surface area (Å²) < 4.78 is -0.561. The van der Waals surface area contributed by atoms with E-state index in [1.165, 1.54) is 25.5 Å². The van der Waals surface area contributed by atoms with E-state index in [-0.39, 0.29) is 22.1 Å². The molecule has 132 valence electrons. The van der Waals surface area contributed by atoms with Crippen molar-refractivity contribution in [2.24, 2.45) is 5.16 Å². The smallest absolute Gasteiger partial charge is 0.252 e. The number of hydrogen-bond acceptors (Lipinski definition) is 5. The van der Waals surface area contributed by atoms with Crippen molar-refractivity contribution in [3.05, 3.63) is 28.3 Å². The van der Waals surface area contributed by atoms with Crippen LogP contribution in [0.5, 0.6) is 0 Å². The first-order valence-electron chi connectivity index (χ1n) is 6.96. The topological polar surface area (TPSA) is 93.8 Å². The number of hydrogen-bond donors (Lipinski definition) is 2. The van der Waals surface area contributed by atoms with E-state index in [1.54, 1.807) is 6.92 Å². The van der Waals surface area contributed by atoms with Crippen LogP contribution in [0.1, 0.15) is 36.2 Å². The highest BCUT2D eigenvalue weighted by Crippen LogP contribution is 2.26. The van der Waals surface area contributed by atoms with Crippen LogP contribution in [0.15, 0.2) is 17.3 Å². The summed E-state index contributed by atoms with van der Waals surface area (Å²) in [6.45, 7) is 3.47. The summed E-state index contributed by atoms with van der Waals surface area (Å²) in [5.41, 5.74) is 5.81. The average Bonchev–Trinajstić information content (AvgIpc) is 2.54. The average molecular weight is 484 g/mol. The van der Waals surface area contributed by atoms with Gasteiger partial charge in [-0.05, 0) is 25.5 Å². The number of Topliss-reactive ketones (excluding diaryl/α,β-unsaturated/α-hetero) is 1. The molecule has 1 rings (SSSR count). The minimum atomic E-state index is -1.04. The van der Waals surface area contributed by atoms with Crippen molar-refractivity contribution in [1.82, 2.24) is 5.32 Å². The predicted octanol–water partition coefficient (Wildman–Crippen LogP) is 3.49. The number of benzene rings is 1. The van der Waals surface area contributed by atoms with Gasteiger partial charge in [0.15, 0.2) is 5.78 Å². The van der Waals surface area contributed by atoms with Crippen LogP contribution in [-0.4, -0.2) is 34.3 Å². The zero-order valence-corrected chi connectivity index (χ0v) is 17.3. The highest BCUT2D eigenvalue weighted by atomic mass is 79.9. The van der Waals surface area contributed by atoms with Gasteiger partial charge in [-0.25, -0.2) is 0 Å². The molecule has 1 unspecified atom stereocenters. The summed E-state index contributed by atoms with van der Waals surface area (Å²) in [5.74, 6) is -0.636. The van der Waals surface area contributed by atoms with Gasteiger partial charge in [-0.3, -0.25) is 9.59 Å². The van der Waals surface area contributed by atoms with E-state index in [0.717, 1.165) is 0 Å². The van der Waals surface area contributed by atoms with Crippen molar-refractivity contribution in [2.45, 2.75) is 29.5 Å². The number of amides is 1. The minimum absolute atomic E-state index is 0.193. The van der Waals surface area contributed by atoms with Crippen molar-refractivity contribution >= 4 is 67.1 Å². The van der Waals surface area contributed by atoms with Gasteiger partial charge in [-0.1, -0.05) is 55.5 Å². The van der Waals surface area contributed by atoms with Crippen LogP contribution in [0, 0.1) is 0 Å². The van der Waals surface area contributed by atoms with Gasteiger partial charge in [0.2, 0.25) is 0 Å². The minimum Gasteiger partial charge on any atom is -0.399 e. The number of nitrogens with one attached hydrogen (secondary N) is 1. The lowest BCUT2D eigenvalue weighted by molar-refractivity contribution is -0.122. The molecule has 3 N–H and O–H groups in total. The van der Waals surface area contributed by atoms with Crippen molar-refractivity contribution < 1.29 is 14.4 Å². The summed E-state index contributed by atoms with van der Waals surface area (Å²) in [6, 6.07) is 2.97. The van der Waals surface area contributed by atoms with Crippen LogP contribution in [0.2, 0.25) is 5.02 Å². The molecule has 9 heteroatoms. The molecule has 0 radical (unpaired) electrons. The number of nitrogens with two attached hydrogens (primary N) is 1. The summed E-state index contributed by atoms with van der Waals surface area (Å²) in [5, 5.41) is 6.58. The van der Waals surface area contributed by atoms with E-state index in [9.17, 15) is 9.59 Å². The maximum absolute atomic E-state index is 12.6. The molecule has 0 aromatic heterocycles. The quantitative estimate of drug-likeness (QED) is 0.269. The monoisotopic (exact) mass is 481 g/mol. The van der Waals surface area contributed by atoms with Crippen molar-refractivity contribution in [3.63, 3.8) is 0 Å². The maximum Gasteiger partial charge on any atom is 0.252 e. The van der Waals surface area contributed by atoms with Crippen LogP contribution in [0.4, 0.5) is 5.69 Å². The fourth-order valence-electron chi connectivity index (χ4n) is 1.87. The largest absolute Gasteiger partial charge is 0.399 e. The Balaban J connectivity index is 3.17. The molecule has 6 nitrogen and oxygen atoms in total. The first-order valence-corrected chi connectivity index (χ1v) is 9.17. The number of nitrogen functional groups attached to an aromatic ring is 1. The molecule has 1 aromatic rings. The molecule has 0 saturated heterocycles. The van der Waals surface area contributed by atoms with Gasteiger partial charge in [-0.2, -0.15) is 0 Å². The lowest BCUT2D eigenvalue weighted by Gasteiger charge is -2.29. The van der Waals surface area contributed by atoms with Gasteiger partial charge in [0.25, 0.3) is 5.91 Å². The Morgan fingerprint density at radius 2 is 2.12 bits per heavy atom. The van der Waals surface area contributed by atoms with E-state index in [1.807, 2.05) is 6.92 Å². The third kappa shape index (κ3) is 4.94. The number of rotatable bonds is 7. The van der Waals surface area contributed by atoms with E-state index in [4.69, 9.17) is 17.3 Å². The molecule has 0 fully saturated rings. The standard InChI is InChI=1S/C15H18Br2ClN3O3/c1-4-15(2,12(22)13(16)17)21-14(23)8-5-9(7-20-24-3)11(19)10(18)6-8/h5-7,13H,4,19H2,1-3H3,(H,21,23)/b20-7+. The van der Waals surface area contributed by atoms with Gasteiger partial charge in [0.1, 0.15) is 10.8 Å². The second-order valence-electron chi connectivity index (χ2n) is 5.18. The predicted molar refractivity (Wildman–Crippen MR) is 103 cm³/mol. The van der Waals surface area contributed by atoms with Gasteiger partial charge in [0.05, 0.1) is 22.5 Å². The van der Waals surface area contributed by atoms with Crippen LogP contribution >= 0.6 is 43.5 Å². The third-order valence-electron chi connectivity index (χ3n) is 3.56. The molecule has 1 aromatic carbocycles. The Morgan fingerprint density at radius 3 is 2.62 bits per heavy atom. The van der Waals surface area contributed by atoms with Crippen molar-refractivity contribution in [2.75, 3.05) is 12.8 Å². The Kier molecular flexibility index (Phi) is 7.69. The van der Waals surface area contributed by atoms with Gasteiger partial charge in [-0.15, -0.1) is 0 Å². The molecule has 0 aliphatic heterocycles. The maximum atomic E-state index is 12.6. The van der Waals surface area contributed by atoms with Crippen LogP contribution < -0.4 is 11.1 Å². The lowest BCUT2D eigenvalue weighted by Crippen LogP contribution is -2.53. The van der Waals surface area contributed by atoms with Crippen LogP contribution in [0.3, 0.4) is 0 Å². The van der Waals surface area contributed by atoms with Crippen LogP contribution in [-0.2, 0) is 9.63 Å². The fraction of sp³-hybridized carbons (Fsp3) is 0.400. The van der Waals surface area contributed by atoms with E-state index in [2.05, 4.69) is 47.2 Å². The highest BCUT2D eigenvalue weighted by Gasteiger charge is 2.36. The van der Waals surface area contributed by atoms with E-state index in [0.29, 0.717) is 12.0 Å². The summed E-state index contributed by atoms with van der Waals surface area (Å²) in [7, 11) is 1.39. The number of carbonyl (C=O) groups is 2. The fourth-order valence-corrected chi connectivity index (χ4v) is 3.11. The number of anilines is 1. The highest BCUT2D eigenvalue weighted by molar-refractivity contribution is 9.25. The van der Waals surface area contributed by atoms with E-state index < -0.39 is 15.2 Å². The van der Waals surface area contributed by atoms with Gasteiger partial charge < -0.3 is 15.9 Å². The Bertz CT molecular complexity index is 668. The summed E-state index contributed by atoms with van der Waals surface area (Å²) >= 11 is 12.4. The second kappa shape index (κ2) is 8.82. The van der Waals surface area contributed by atoms with Crippen molar-refractivity contribution in [3.8, 4) is 0 Å². The molecule has 0 aliphatic carbocycles. The number of ketones is 1. The Hall–Kier alpha value is -1.12. The molecule has 1 atom stereocenters. The number of halogens is 3. The SMILES string of the molecule is CCC(C)(NC(=O)c1cc(Cl)c(N)c(/C=N/OC)c1)C(=O)C(Br)Br.